The summed E-state index contributed by atoms with van der Waals surface area (Å²) in [6.45, 7) is 3.67. The fourth-order valence-electron chi connectivity index (χ4n) is 2.55. The maximum atomic E-state index is 3.99. The number of nitrogens with zero attached hydrogens (tertiary/aromatic N) is 5. The summed E-state index contributed by atoms with van der Waals surface area (Å²) in [4.78, 5) is 2.51. The van der Waals surface area contributed by atoms with Crippen LogP contribution >= 0.6 is 0 Å². The van der Waals surface area contributed by atoms with Crippen LogP contribution in [0.3, 0.4) is 0 Å². The van der Waals surface area contributed by atoms with Crippen LogP contribution in [0.15, 0.2) is 6.33 Å². The molecule has 5 nitrogen and oxygen atoms in total. The van der Waals surface area contributed by atoms with E-state index in [9.17, 15) is 0 Å². The summed E-state index contributed by atoms with van der Waals surface area (Å²) < 4.78 is 1.93. The minimum Gasteiger partial charge on any atom is -0.301 e. The first-order valence-corrected chi connectivity index (χ1v) is 4.88. The highest BCUT2D eigenvalue weighted by molar-refractivity contribution is 4.88. The summed E-state index contributed by atoms with van der Waals surface area (Å²) in [6, 6.07) is 0.525. The number of fused-ring (bicyclic) bond motifs is 3. The molecule has 4 rings (SSSR count). The quantitative estimate of drug-likeness (QED) is 0.606. The Morgan fingerprint density at radius 3 is 2.62 bits per heavy atom. The summed E-state index contributed by atoms with van der Waals surface area (Å²) in [7, 11) is 0. The van der Waals surface area contributed by atoms with Gasteiger partial charge in [0.2, 0.25) is 0 Å². The molecule has 0 aliphatic carbocycles. The van der Waals surface area contributed by atoms with Crippen LogP contribution in [0.5, 0.6) is 0 Å². The molecule has 2 bridgehead atoms. The van der Waals surface area contributed by atoms with Gasteiger partial charge in [0.1, 0.15) is 6.33 Å². The summed E-state index contributed by atoms with van der Waals surface area (Å²) in [5.41, 5.74) is 0. The molecular weight excluding hydrogens is 166 g/mol. The Bertz CT molecular complexity index is 275. The minimum atomic E-state index is 0.525. The smallest absolute Gasteiger partial charge is 0.138 e. The van der Waals surface area contributed by atoms with E-state index in [0.29, 0.717) is 6.04 Å². The SMILES string of the molecule is c1nnnn1C1CN2CCC1CC2. The van der Waals surface area contributed by atoms with Crippen molar-refractivity contribution in [1.29, 1.82) is 0 Å². The molecule has 3 saturated heterocycles. The fourth-order valence-corrected chi connectivity index (χ4v) is 2.55. The van der Waals surface area contributed by atoms with E-state index in [1.807, 2.05) is 4.68 Å². The van der Waals surface area contributed by atoms with Gasteiger partial charge in [0, 0.05) is 6.54 Å². The fraction of sp³-hybridized carbons (Fsp3) is 0.875. The van der Waals surface area contributed by atoms with E-state index in [-0.39, 0.29) is 0 Å². The van der Waals surface area contributed by atoms with Crippen LogP contribution in [0.25, 0.3) is 0 Å². The van der Waals surface area contributed by atoms with E-state index < -0.39 is 0 Å². The van der Waals surface area contributed by atoms with Crippen LogP contribution < -0.4 is 0 Å². The third kappa shape index (κ3) is 1.14. The third-order valence-corrected chi connectivity index (χ3v) is 3.33. The van der Waals surface area contributed by atoms with E-state index >= 15 is 0 Å². The van der Waals surface area contributed by atoms with Gasteiger partial charge in [0.05, 0.1) is 6.04 Å². The molecule has 3 aliphatic rings. The van der Waals surface area contributed by atoms with Crippen LogP contribution in [0.4, 0.5) is 0 Å². The van der Waals surface area contributed by atoms with Gasteiger partial charge in [-0.3, -0.25) is 0 Å². The molecule has 70 valence electrons. The Balaban J connectivity index is 1.85. The lowest BCUT2D eigenvalue weighted by atomic mass is 9.84. The van der Waals surface area contributed by atoms with Crippen molar-refractivity contribution < 1.29 is 0 Å². The van der Waals surface area contributed by atoms with Gasteiger partial charge in [-0.2, -0.15) is 0 Å². The second-order valence-corrected chi connectivity index (χ2v) is 4.00. The maximum Gasteiger partial charge on any atom is 0.138 e. The highest BCUT2D eigenvalue weighted by Crippen LogP contribution is 2.34. The minimum absolute atomic E-state index is 0.525. The summed E-state index contributed by atoms with van der Waals surface area (Å²) >= 11 is 0. The molecule has 13 heavy (non-hydrogen) atoms. The predicted molar refractivity (Wildman–Crippen MR) is 46.0 cm³/mol. The molecule has 0 radical (unpaired) electrons. The first-order valence-electron chi connectivity index (χ1n) is 4.88. The molecule has 1 aromatic rings. The molecule has 1 atom stereocenters. The number of rotatable bonds is 1. The van der Waals surface area contributed by atoms with E-state index in [1.165, 1.54) is 25.9 Å². The monoisotopic (exact) mass is 179 g/mol. The zero-order valence-electron chi connectivity index (χ0n) is 7.50. The van der Waals surface area contributed by atoms with Crippen molar-refractivity contribution in [2.24, 2.45) is 5.92 Å². The van der Waals surface area contributed by atoms with Gasteiger partial charge in [0.15, 0.2) is 0 Å². The standard InChI is InChI=1S/C8H13N5/c1-3-12-4-2-7(1)8(5-12)13-6-9-10-11-13/h6-8H,1-5H2. The van der Waals surface area contributed by atoms with Crippen molar-refractivity contribution in [1.82, 2.24) is 25.1 Å². The summed E-state index contributed by atoms with van der Waals surface area (Å²) in [5, 5.41) is 11.4. The molecule has 0 aromatic carbocycles. The van der Waals surface area contributed by atoms with Crippen molar-refractivity contribution in [2.75, 3.05) is 19.6 Å². The van der Waals surface area contributed by atoms with Crippen LogP contribution in [-0.4, -0.2) is 44.7 Å². The highest BCUT2D eigenvalue weighted by atomic mass is 15.5. The number of piperidine rings is 3. The van der Waals surface area contributed by atoms with Crippen molar-refractivity contribution in [3.05, 3.63) is 6.33 Å². The lowest BCUT2D eigenvalue weighted by Crippen LogP contribution is -2.48. The Labute approximate surface area is 76.7 Å². The molecular formula is C8H13N5. The van der Waals surface area contributed by atoms with Gasteiger partial charge < -0.3 is 4.90 Å². The molecule has 0 spiro atoms. The lowest BCUT2D eigenvalue weighted by Gasteiger charge is -2.44. The van der Waals surface area contributed by atoms with Crippen molar-refractivity contribution in [2.45, 2.75) is 18.9 Å². The van der Waals surface area contributed by atoms with Gasteiger partial charge in [0.25, 0.3) is 0 Å². The zero-order valence-corrected chi connectivity index (χ0v) is 7.50. The molecule has 5 heteroatoms. The van der Waals surface area contributed by atoms with Crippen molar-refractivity contribution in [3.63, 3.8) is 0 Å². The lowest BCUT2D eigenvalue weighted by molar-refractivity contribution is 0.0503. The van der Waals surface area contributed by atoms with Crippen LogP contribution in [0, 0.1) is 5.92 Å². The van der Waals surface area contributed by atoms with Crippen LogP contribution in [-0.2, 0) is 0 Å². The van der Waals surface area contributed by atoms with E-state index in [0.717, 1.165) is 12.5 Å². The second kappa shape index (κ2) is 2.77. The molecule has 4 heterocycles. The molecule has 0 saturated carbocycles. The Morgan fingerprint density at radius 2 is 2.08 bits per heavy atom. The van der Waals surface area contributed by atoms with Gasteiger partial charge in [-0.05, 0) is 42.3 Å². The average molecular weight is 179 g/mol. The Kier molecular flexibility index (Phi) is 1.58. The average Bonchev–Trinajstić information content (AvgIpc) is 2.72. The van der Waals surface area contributed by atoms with E-state index in [4.69, 9.17) is 0 Å². The molecule has 0 amide bonds. The topological polar surface area (TPSA) is 46.8 Å². The van der Waals surface area contributed by atoms with E-state index in [1.54, 1.807) is 6.33 Å². The van der Waals surface area contributed by atoms with Gasteiger partial charge in [-0.25, -0.2) is 4.68 Å². The summed E-state index contributed by atoms with van der Waals surface area (Å²) in [6.07, 6.45) is 4.36. The zero-order chi connectivity index (χ0) is 8.67. The van der Waals surface area contributed by atoms with Crippen LogP contribution in [0.2, 0.25) is 0 Å². The molecule has 1 aromatic heterocycles. The number of hydrogen-bond acceptors (Lipinski definition) is 4. The maximum absolute atomic E-state index is 3.99. The van der Waals surface area contributed by atoms with Crippen molar-refractivity contribution in [3.8, 4) is 0 Å². The van der Waals surface area contributed by atoms with Gasteiger partial charge in [-0.1, -0.05) is 0 Å². The van der Waals surface area contributed by atoms with Crippen LogP contribution in [0.1, 0.15) is 18.9 Å². The first-order chi connectivity index (χ1) is 6.43. The van der Waals surface area contributed by atoms with E-state index in [2.05, 4.69) is 20.4 Å². The normalized spacial score (nSPS) is 38.0. The molecule has 0 N–H and O–H groups in total. The predicted octanol–water partition coefficient (Wildman–Crippen LogP) is -0.0602. The second-order valence-electron chi connectivity index (χ2n) is 4.00. The van der Waals surface area contributed by atoms with Crippen molar-refractivity contribution >= 4 is 0 Å². The van der Waals surface area contributed by atoms with Gasteiger partial charge in [-0.15, -0.1) is 5.10 Å². The summed E-state index contributed by atoms with van der Waals surface area (Å²) in [5.74, 6) is 0.800. The molecule has 3 aliphatic heterocycles. The Hall–Kier alpha value is -0.970. The Morgan fingerprint density at radius 1 is 1.23 bits per heavy atom. The largest absolute Gasteiger partial charge is 0.301 e. The third-order valence-electron chi connectivity index (χ3n) is 3.33. The molecule has 3 fully saturated rings. The number of hydrogen-bond donors (Lipinski definition) is 0. The molecule has 1 unspecified atom stereocenters. The highest BCUT2D eigenvalue weighted by Gasteiger charge is 2.35. The number of tetrazole rings is 1. The number of aromatic nitrogens is 4. The first kappa shape index (κ1) is 7.44. The van der Waals surface area contributed by atoms with Gasteiger partial charge >= 0.3 is 0 Å².